The summed E-state index contributed by atoms with van der Waals surface area (Å²) >= 11 is 0. The van der Waals surface area contributed by atoms with Gasteiger partial charge in [0.25, 0.3) is 0 Å². The Morgan fingerprint density at radius 3 is 3.06 bits per heavy atom. The van der Waals surface area contributed by atoms with Crippen molar-refractivity contribution in [1.82, 2.24) is 4.98 Å². The Balaban J connectivity index is 2.40. The molecule has 1 aromatic rings. The average molecular weight is 245 g/mol. The van der Waals surface area contributed by atoms with Crippen LogP contribution in [0.2, 0.25) is 0 Å². The SMILES string of the molecule is CC1(C(=O)O)CCCCN1c1ccnc(C#N)c1. The summed E-state index contributed by atoms with van der Waals surface area (Å²) in [5, 5.41) is 18.3. The first-order valence-electron chi connectivity index (χ1n) is 5.95. The predicted octanol–water partition coefficient (Wildman–Crippen LogP) is 1.79. The second-order valence-corrected chi connectivity index (χ2v) is 4.70. The number of hydrogen-bond donors (Lipinski definition) is 1. The first kappa shape index (κ1) is 12.4. The Hall–Kier alpha value is -2.09. The van der Waals surface area contributed by atoms with E-state index in [2.05, 4.69) is 4.98 Å². The van der Waals surface area contributed by atoms with Crippen LogP contribution in [0.25, 0.3) is 0 Å². The third-order valence-corrected chi connectivity index (χ3v) is 3.52. The lowest BCUT2D eigenvalue weighted by atomic mass is 9.88. The highest BCUT2D eigenvalue weighted by Crippen LogP contribution is 2.33. The Labute approximate surface area is 106 Å². The van der Waals surface area contributed by atoms with E-state index in [1.165, 1.54) is 0 Å². The van der Waals surface area contributed by atoms with Gasteiger partial charge in [-0.1, -0.05) is 0 Å². The molecule has 0 radical (unpaired) electrons. The maximum atomic E-state index is 11.5. The lowest BCUT2D eigenvalue weighted by Gasteiger charge is -2.43. The predicted molar refractivity (Wildman–Crippen MR) is 66.2 cm³/mol. The monoisotopic (exact) mass is 245 g/mol. The Kier molecular flexibility index (Phi) is 3.19. The van der Waals surface area contributed by atoms with Gasteiger partial charge in [-0.15, -0.1) is 0 Å². The standard InChI is InChI=1S/C13H15N3O2/c1-13(12(17)18)5-2-3-7-16(13)11-4-6-15-10(8-11)9-14/h4,6,8H,2-3,5,7H2,1H3,(H,17,18). The van der Waals surface area contributed by atoms with Crippen LogP contribution < -0.4 is 4.90 Å². The molecular weight excluding hydrogens is 230 g/mol. The summed E-state index contributed by atoms with van der Waals surface area (Å²) in [6.07, 6.45) is 4.04. The third-order valence-electron chi connectivity index (χ3n) is 3.52. The van der Waals surface area contributed by atoms with Crippen LogP contribution in [0.5, 0.6) is 0 Å². The van der Waals surface area contributed by atoms with E-state index in [1.54, 1.807) is 25.3 Å². The van der Waals surface area contributed by atoms with Crippen LogP contribution in [0.15, 0.2) is 18.3 Å². The molecule has 0 amide bonds. The highest BCUT2D eigenvalue weighted by molar-refractivity contribution is 5.83. The van der Waals surface area contributed by atoms with E-state index in [0.29, 0.717) is 18.7 Å². The molecule has 0 bridgehead atoms. The molecule has 2 rings (SSSR count). The van der Waals surface area contributed by atoms with Gasteiger partial charge < -0.3 is 10.0 Å². The van der Waals surface area contributed by atoms with E-state index < -0.39 is 11.5 Å². The van der Waals surface area contributed by atoms with Crippen molar-refractivity contribution in [3.63, 3.8) is 0 Å². The number of rotatable bonds is 2. The number of carboxylic acid groups (broad SMARTS) is 1. The number of aliphatic carboxylic acids is 1. The van der Waals surface area contributed by atoms with Crippen LogP contribution >= 0.6 is 0 Å². The number of nitrogens with zero attached hydrogens (tertiary/aromatic N) is 3. The van der Waals surface area contributed by atoms with Gasteiger partial charge in [0.2, 0.25) is 0 Å². The summed E-state index contributed by atoms with van der Waals surface area (Å²) in [6.45, 7) is 2.43. The van der Waals surface area contributed by atoms with E-state index in [1.807, 2.05) is 11.0 Å². The molecule has 1 aliphatic rings. The van der Waals surface area contributed by atoms with Crippen molar-refractivity contribution in [2.75, 3.05) is 11.4 Å². The summed E-state index contributed by atoms with van der Waals surface area (Å²) in [5.41, 5.74) is 0.170. The zero-order valence-electron chi connectivity index (χ0n) is 10.3. The highest BCUT2D eigenvalue weighted by Gasteiger charge is 2.41. The van der Waals surface area contributed by atoms with Gasteiger partial charge in [0.05, 0.1) is 0 Å². The number of hydrogen-bond acceptors (Lipinski definition) is 4. The molecule has 1 aliphatic heterocycles. The fourth-order valence-electron chi connectivity index (χ4n) is 2.41. The maximum Gasteiger partial charge on any atom is 0.329 e. The third kappa shape index (κ3) is 2.02. The molecule has 0 aliphatic carbocycles. The Bertz CT molecular complexity index is 509. The summed E-state index contributed by atoms with van der Waals surface area (Å²) in [4.78, 5) is 17.3. The number of nitriles is 1. The first-order chi connectivity index (χ1) is 8.58. The first-order valence-corrected chi connectivity index (χ1v) is 5.95. The molecule has 1 N–H and O–H groups in total. The van der Waals surface area contributed by atoms with E-state index in [4.69, 9.17) is 5.26 Å². The van der Waals surface area contributed by atoms with Crippen molar-refractivity contribution >= 4 is 11.7 Å². The van der Waals surface area contributed by atoms with Crippen molar-refractivity contribution in [2.24, 2.45) is 0 Å². The van der Waals surface area contributed by atoms with Gasteiger partial charge in [0.15, 0.2) is 0 Å². The minimum absolute atomic E-state index is 0.311. The number of anilines is 1. The van der Waals surface area contributed by atoms with Crippen molar-refractivity contribution < 1.29 is 9.90 Å². The molecule has 0 saturated carbocycles. The lowest BCUT2D eigenvalue weighted by Crippen LogP contribution is -2.55. The largest absolute Gasteiger partial charge is 0.480 e. The van der Waals surface area contributed by atoms with E-state index in [-0.39, 0.29) is 0 Å². The average Bonchev–Trinajstić information content (AvgIpc) is 2.39. The number of pyridine rings is 1. The molecular formula is C13H15N3O2. The normalized spacial score (nSPS) is 23.4. The highest BCUT2D eigenvalue weighted by atomic mass is 16.4. The zero-order chi connectivity index (χ0) is 13.2. The summed E-state index contributed by atoms with van der Waals surface area (Å²) in [5.74, 6) is -0.822. The van der Waals surface area contributed by atoms with Gasteiger partial charge in [-0.3, -0.25) is 0 Å². The van der Waals surface area contributed by atoms with Crippen LogP contribution in [0.4, 0.5) is 5.69 Å². The second-order valence-electron chi connectivity index (χ2n) is 4.70. The van der Waals surface area contributed by atoms with Gasteiger partial charge in [0.1, 0.15) is 17.3 Å². The number of carboxylic acids is 1. The number of carbonyl (C=O) groups is 1. The van der Waals surface area contributed by atoms with Crippen LogP contribution in [0.1, 0.15) is 31.9 Å². The molecule has 1 unspecified atom stereocenters. The minimum atomic E-state index is -0.896. The van der Waals surface area contributed by atoms with Crippen molar-refractivity contribution in [3.8, 4) is 6.07 Å². The Morgan fingerprint density at radius 1 is 1.61 bits per heavy atom. The van der Waals surface area contributed by atoms with Gasteiger partial charge in [-0.05, 0) is 38.3 Å². The van der Waals surface area contributed by atoms with Gasteiger partial charge >= 0.3 is 5.97 Å². The molecule has 5 nitrogen and oxygen atoms in total. The smallest absolute Gasteiger partial charge is 0.329 e. The van der Waals surface area contributed by atoms with Crippen molar-refractivity contribution in [1.29, 1.82) is 5.26 Å². The number of aromatic nitrogens is 1. The number of piperidine rings is 1. The van der Waals surface area contributed by atoms with Crippen LogP contribution in [0.3, 0.4) is 0 Å². The van der Waals surface area contributed by atoms with Crippen LogP contribution in [-0.2, 0) is 4.79 Å². The molecule has 94 valence electrons. The zero-order valence-corrected chi connectivity index (χ0v) is 10.3. The molecule has 1 aromatic heterocycles. The molecule has 1 fully saturated rings. The van der Waals surface area contributed by atoms with E-state index >= 15 is 0 Å². The summed E-state index contributed by atoms with van der Waals surface area (Å²) < 4.78 is 0. The van der Waals surface area contributed by atoms with E-state index in [0.717, 1.165) is 18.5 Å². The maximum absolute atomic E-state index is 11.5. The summed E-state index contributed by atoms with van der Waals surface area (Å²) in [7, 11) is 0. The molecule has 5 heteroatoms. The topological polar surface area (TPSA) is 77.2 Å². The molecule has 18 heavy (non-hydrogen) atoms. The second kappa shape index (κ2) is 4.65. The minimum Gasteiger partial charge on any atom is -0.480 e. The fraction of sp³-hybridized carbons (Fsp3) is 0.462. The lowest BCUT2D eigenvalue weighted by molar-refractivity contribution is -0.143. The van der Waals surface area contributed by atoms with Crippen LogP contribution in [0, 0.1) is 11.3 Å². The van der Waals surface area contributed by atoms with Crippen molar-refractivity contribution in [2.45, 2.75) is 31.7 Å². The van der Waals surface area contributed by atoms with Gasteiger partial charge in [0, 0.05) is 18.4 Å². The quantitative estimate of drug-likeness (QED) is 0.859. The molecule has 2 heterocycles. The Morgan fingerprint density at radius 2 is 2.39 bits per heavy atom. The molecule has 1 saturated heterocycles. The van der Waals surface area contributed by atoms with Gasteiger partial charge in [-0.25, -0.2) is 9.78 Å². The molecule has 0 aromatic carbocycles. The van der Waals surface area contributed by atoms with Crippen molar-refractivity contribution in [3.05, 3.63) is 24.0 Å². The summed E-state index contributed by atoms with van der Waals surface area (Å²) in [6, 6.07) is 5.38. The van der Waals surface area contributed by atoms with Gasteiger partial charge in [-0.2, -0.15) is 5.26 Å². The van der Waals surface area contributed by atoms with E-state index in [9.17, 15) is 9.90 Å². The molecule has 1 atom stereocenters. The van der Waals surface area contributed by atoms with Crippen LogP contribution in [-0.4, -0.2) is 28.1 Å². The molecule has 0 spiro atoms. The fourth-order valence-corrected chi connectivity index (χ4v) is 2.41.